The SMILES string of the molecule is CCC(CC)c1nc(C(C)C)sc1N. The molecule has 80 valence electrons. The molecule has 0 aromatic carbocycles. The van der Waals surface area contributed by atoms with Crippen molar-refractivity contribution in [2.75, 3.05) is 5.73 Å². The van der Waals surface area contributed by atoms with Crippen molar-refractivity contribution in [3.63, 3.8) is 0 Å². The Balaban J connectivity index is 2.96. The number of hydrogen-bond donors (Lipinski definition) is 1. The number of aromatic nitrogens is 1. The van der Waals surface area contributed by atoms with E-state index in [0.717, 1.165) is 23.5 Å². The molecule has 2 nitrogen and oxygen atoms in total. The van der Waals surface area contributed by atoms with Gasteiger partial charge in [0.1, 0.15) is 5.00 Å². The van der Waals surface area contributed by atoms with Gasteiger partial charge in [0.2, 0.25) is 0 Å². The molecule has 0 saturated heterocycles. The number of nitrogens with zero attached hydrogens (tertiary/aromatic N) is 1. The number of rotatable bonds is 4. The van der Waals surface area contributed by atoms with Crippen LogP contribution in [-0.2, 0) is 0 Å². The minimum absolute atomic E-state index is 0.491. The zero-order valence-electron chi connectivity index (χ0n) is 9.50. The Morgan fingerprint density at radius 3 is 2.21 bits per heavy atom. The van der Waals surface area contributed by atoms with Crippen molar-refractivity contribution in [1.82, 2.24) is 4.98 Å². The molecule has 1 aromatic heterocycles. The van der Waals surface area contributed by atoms with Gasteiger partial charge in [0, 0.05) is 11.8 Å². The highest BCUT2D eigenvalue weighted by Crippen LogP contribution is 2.34. The third kappa shape index (κ3) is 2.27. The molecule has 0 atom stereocenters. The summed E-state index contributed by atoms with van der Waals surface area (Å²) in [5.74, 6) is 1.03. The van der Waals surface area contributed by atoms with E-state index >= 15 is 0 Å². The van der Waals surface area contributed by atoms with Crippen LogP contribution in [0.2, 0.25) is 0 Å². The van der Waals surface area contributed by atoms with E-state index < -0.39 is 0 Å². The average molecular weight is 212 g/mol. The van der Waals surface area contributed by atoms with Crippen LogP contribution in [0.25, 0.3) is 0 Å². The molecular formula is C11H20N2S. The highest BCUT2D eigenvalue weighted by molar-refractivity contribution is 7.15. The predicted octanol–water partition coefficient (Wildman–Crippen LogP) is 3.75. The molecule has 1 rings (SSSR count). The first-order chi connectivity index (χ1) is 6.60. The van der Waals surface area contributed by atoms with Crippen LogP contribution in [0, 0.1) is 0 Å². The van der Waals surface area contributed by atoms with E-state index in [9.17, 15) is 0 Å². The summed E-state index contributed by atoms with van der Waals surface area (Å²) < 4.78 is 0. The fourth-order valence-electron chi connectivity index (χ4n) is 1.58. The fourth-order valence-corrected chi connectivity index (χ4v) is 2.50. The second-order valence-electron chi connectivity index (χ2n) is 3.97. The molecule has 0 amide bonds. The monoisotopic (exact) mass is 212 g/mol. The molecule has 0 aliphatic carbocycles. The number of hydrogen-bond acceptors (Lipinski definition) is 3. The van der Waals surface area contributed by atoms with Gasteiger partial charge in [0.25, 0.3) is 0 Å². The van der Waals surface area contributed by atoms with Crippen LogP contribution in [0.15, 0.2) is 0 Å². The molecule has 2 N–H and O–H groups in total. The predicted molar refractivity (Wildman–Crippen MR) is 63.9 cm³/mol. The van der Waals surface area contributed by atoms with Crippen LogP contribution in [0.3, 0.4) is 0 Å². The molecule has 0 spiro atoms. The lowest BCUT2D eigenvalue weighted by atomic mass is 10.00. The number of nitrogen functional groups attached to an aromatic ring is 1. The van der Waals surface area contributed by atoms with Crippen LogP contribution >= 0.6 is 11.3 Å². The van der Waals surface area contributed by atoms with Gasteiger partial charge in [0.05, 0.1) is 10.7 Å². The second kappa shape index (κ2) is 4.78. The molecule has 0 radical (unpaired) electrons. The normalized spacial score (nSPS) is 11.6. The van der Waals surface area contributed by atoms with Crippen LogP contribution in [0.1, 0.15) is 63.1 Å². The maximum absolute atomic E-state index is 5.99. The van der Waals surface area contributed by atoms with E-state index in [1.54, 1.807) is 11.3 Å². The summed E-state index contributed by atoms with van der Waals surface area (Å²) in [5, 5.41) is 2.09. The lowest BCUT2D eigenvalue weighted by molar-refractivity contribution is 0.624. The van der Waals surface area contributed by atoms with Crippen molar-refractivity contribution in [2.45, 2.75) is 52.4 Å². The Hall–Kier alpha value is -0.570. The maximum Gasteiger partial charge on any atom is 0.110 e. The second-order valence-corrected chi connectivity index (χ2v) is 5.03. The summed E-state index contributed by atoms with van der Waals surface area (Å²) in [4.78, 5) is 4.64. The largest absolute Gasteiger partial charge is 0.389 e. The van der Waals surface area contributed by atoms with Gasteiger partial charge < -0.3 is 5.73 Å². The molecule has 3 heteroatoms. The van der Waals surface area contributed by atoms with E-state index in [-0.39, 0.29) is 0 Å². The summed E-state index contributed by atoms with van der Waals surface area (Å²) in [7, 11) is 0. The summed E-state index contributed by atoms with van der Waals surface area (Å²) in [6, 6.07) is 0. The van der Waals surface area contributed by atoms with Crippen LogP contribution in [0.4, 0.5) is 5.00 Å². The first-order valence-electron chi connectivity index (χ1n) is 5.36. The van der Waals surface area contributed by atoms with Crippen molar-refractivity contribution in [3.05, 3.63) is 10.7 Å². The Morgan fingerprint density at radius 2 is 1.86 bits per heavy atom. The van der Waals surface area contributed by atoms with Crippen LogP contribution in [0.5, 0.6) is 0 Å². The lowest BCUT2D eigenvalue weighted by Gasteiger charge is -2.09. The van der Waals surface area contributed by atoms with Gasteiger partial charge in [0.15, 0.2) is 0 Å². The lowest BCUT2D eigenvalue weighted by Crippen LogP contribution is -2.00. The summed E-state index contributed by atoms with van der Waals surface area (Å²) in [5.41, 5.74) is 7.12. The van der Waals surface area contributed by atoms with Gasteiger partial charge in [-0.05, 0) is 12.8 Å². The fraction of sp³-hybridized carbons (Fsp3) is 0.727. The number of nitrogens with two attached hydrogens (primary N) is 1. The third-order valence-corrected chi connectivity index (χ3v) is 3.76. The minimum Gasteiger partial charge on any atom is -0.389 e. The van der Waals surface area contributed by atoms with Gasteiger partial charge in [-0.1, -0.05) is 27.7 Å². The highest BCUT2D eigenvalue weighted by atomic mass is 32.1. The standard InChI is InChI=1S/C11H20N2S/c1-5-8(6-2)9-10(12)14-11(13-9)7(3)4/h7-8H,5-6,12H2,1-4H3. The van der Waals surface area contributed by atoms with Crippen molar-refractivity contribution < 1.29 is 0 Å². The number of anilines is 1. The zero-order valence-corrected chi connectivity index (χ0v) is 10.3. The van der Waals surface area contributed by atoms with Crippen molar-refractivity contribution in [1.29, 1.82) is 0 Å². The van der Waals surface area contributed by atoms with Gasteiger partial charge in [-0.25, -0.2) is 4.98 Å². The Morgan fingerprint density at radius 1 is 1.29 bits per heavy atom. The molecule has 0 aliphatic rings. The molecule has 0 saturated carbocycles. The number of thiazole rings is 1. The highest BCUT2D eigenvalue weighted by Gasteiger charge is 2.17. The average Bonchev–Trinajstić information content (AvgIpc) is 2.51. The maximum atomic E-state index is 5.99. The van der Waals surface area contributed by atoms with Gasteiger partial charge in [-0.15, -0.1) is 11.3 Å². The molecular weight excluding hydrogens is 192 g/mol. The third-order valence-electron chi connectivity index (χ3n) is 2.56. The molecule has 0 unspecified atom stereocenters. The summed E-state index contributed by atoms with van der Waals surface area (Å²) >= 11 is 1.65. The first-order valence-corrected chi connectivity index (χ1v) is 6.17. The Labute approximate surface area is 90.6 Å². The molecule has 0 aliphatic heterocycles. The molecule has 0 bridgehead atoms. The van der Waals surface area contributed by atoms with Gasteiger partial charge in [-0.2, -0.15) is 0 Å². The zero-order chi connectivity index (χ0) is 10.7. The molecule has 1 heterocycles. The molecule has 1 aromatic rings. The van der Waals surface area contributed by atoms with E-state index in [0.29, 0.717) is 11.8 Å². The van der Waals surface area contributed by atoms with Crippen molar-refractivity contribution in [3.8, 4) is 0 Å². The van der Waals surface area contributed by atoms with Gasteiger partial charge in [-0.3, -0.25) is 0 Å². The van der Waals surface area contributed by atoms with Crippen molar-refractivity contribution >= 4 is 16.3 Å². The Kier molecular flexibility index (Phi) is 3.93. The first kappa shape index (κ1) is 11.5. The van der Waals surface area contributed by atoms with Crippen LogP contribution in [-0.4, -0.2) is 4.98 Å². The Bertz CT molecular complexity index is 287. The van der Waals surface area contributed by atoms with E-state index in [4.69, 9.17) is 5.73 Å². The van der Waals surface area contributed by atoms with E-state index in [1.807, 2.05) is 0 Å². The van der Waals surface area contributed by atoms with E-state index in [1.165, 1.54) is 5.01 Å². The van der Waals surface area contributed by atoms with Crippen LogP contribution < -0.4 is 5.73 Å². The molecule has 0 fully saturated rings. The summed E-state index contributed by atoms with van der Waals surface area (Å²) in [6.07, 6.45) is 2.25. The topological polar surface area (TPSA) is 38.9 Å². The van der Waals surface area contributed by atoms with Gasteiger partial charge >= 0.3 is 0 Å². The van der Waals surface area contributed by atoms with E-state index in [2.05, 4.69) is 32.7 Å². The summed E-state index contributed by atoms with van der Waals surface area (Å²) in [6.45, 7) is 8.72. The minimum atomic E-state index is 0.491. The molecule has 14 heavy (non-hydrogen) atoms. The smallest absolute Gasteiger partial charge is 0.110 e. The quantitative estimate of drug-likeness (QED) is 0.825. The van der Waals surface area contributed by atoms with Crippen molar-refractivity contribution in [2.24, 2.45) is 0 Å².